The van der Waals surface area contributed by atoms with Crippen LogP contribution in [0.1, 0.15) is 42.0 Å². The molecule has 0 unspecified atom stereocenters. The van der Waals surface area contributed by atoms with E-state index in [1.165, 1.54) is 11.2 Å². The van der Waals surface area contributed by atoms with Gasteiger partial charge >= 0.3 is 5.97 Å². The average Bonchev–Trinajstić information content (AvgIpc) is 2.74. The van der Waals surface area contributed by atoms with E-state index >= 15 is 0 Å². The minimum absolute atomic E-state index is 0.0701. The van der Waals surface area contributed by atoms with Crippen LogP contribution < -0.4 is 0 Å². The lowest BCUT2D eigenvalue weighted by atomic mass is 9.93. The summed E-state index contributed by atoms with van der Waals surface area (Å²) in [5.41, 5.74) is 0. The molecule has 1 aromatic rings. The van der Waals surface area contributed by atoms with Crippen LogP contribution in [-0.2, 0) is 10.0 Å². The lowest BCUT2D eigenvalue weighted by Gasteiger charge is -2.36. The Bertz CT molecular complexity index is 617. The first-order valence-corrected chi connectivity index (χ1v) is 8.28. The molecule has 1 aromatic heterocycles. The van der Waals surface area contributed by atoms with Crippen molar-refractivity contribution in [2.45, 2.75) is 43.5 Å². The van der Waals surface area contributed by atoms with Gasteiger partial charge in [-0.1, -0.05) is 6.42 Å². The number of nitrogens with zero attached hydrogens (tertiary/aromatic N) is 1. The van der Waals surface area contributed by atoms with Crippen molar-refractivity contribution in [3.63, 3.8) is 0 Å². The second-order valence-electron chi connectivity index (χ2n) is 5.11. The zero-order chi connectivity index (χ0) is 15.6. The van der Waals surface area contributed by atoms with Gasteiger partial charge in [-0.15, -0.1) is 0 Å². The number of aliphatic hydroxyl groups is 1. The van der Waals surface area contributed by atoms with Crippen molar-refractivity contribution in [1.82, 2.24) is 4.31 Å². The number of rotatable bonds is 7. The van der Waals surface area contributed by atoms with E-state index in [0.29, 0.717) is 6.42 Å². The fourth-order valence-corrected chi connectivity index (χ4v) is 4.24. The molecule has 1 fully saturated rings. The lowest BCUT2D eigenvalue weighted by Crippen LogP contribution is -2.44. The molecule has 21 heavy (non-hydrogen) atoms. The number of aliphatic hydroxyl groups excluding tert-OH is 1. The molecule has 0 amide bonds. The molecule has 0 saturated heterocycles. The predicted molar refractivity (Wildman–Crippen MR) is 73.6 cm³/mol. The Labute approximate surface area is 123 Å². The van der Waals surface area contributed by atoms with E-state index < -0.39 is 16.0 Å². The van der Waals surface area contributed by atoms with Crippen LogP contribution in [-0.4, -0.2) is 48.1 Å². The third-order valence-electron chi connectivity index (χ3n) is 3.69. The summed E-state index contributed by atoms with van der Waals surface area (Å²) in [6.07, 6.45) is 2.89. The van der Waals surface area contributed by atoms with Crippen molar-refractivity contribution < 1.29 is 27.8 Å². The van der Waals surface area contributed by atoms with Crippen LogP contribution in [0.3, 0.4) is 0 Å². The molecule has 0 radical (unpaired) electrons. The fourth-order valence-electron chi connectivity index (χ4n) is 2.35. The van der Waals surface area contributed by atoms with Crippen molar-refractivity contribution in [2.75, 3.05) is 13.2 Å². The van der Waals surface area contributed by atoms with E-state index in [1.54, 1.807) is 0 Å². The zero-order valence-electron chi connectivity index (χ0n) is 11.8. The standard InChI is InChI=1S/C13H19NO6S/c1-9-12(8-11(20-9)13(16)17)21(18,19)14(6-3-7-15)10-4-2-5-10/h8,10,15H,2-7H2,1H3,(H,16,17). The van der Waals surface area contributed by atoms with Crippen LogP contribution in [0.2, 0.25) is 0 Å². The van der Waals surface area contributed by atoms with Gasteiger partial charge in [-0.25, -0.2) is 13.2 Å². The number of carboxylic acid groups (broad SMARTS) is 1. The quantitative estimate of drug-likeness (QED) is 0.782. The molecule has 118 valence electrons. The molecule has 1 aliphatic carbocycles. The third-order valence-corrected chi connectivity index (χ3v) is 5.75. The van der Waals surface area contributed by atoms with Gasteiger partial charge in [0, 0.05) is 25.3 Å². The van der Waals surface area contributed by atoms with Crippen LogP contribution in [0.4, 0.5) is 0 Å². The molecule has 0 spiro atoms. The maximum atomic E-state index is 12.7. The van der Waals surface area contributed by atoms with Crippen LogP contribution in [0.25, 0.3) is 0 Å². The van der Waals surface area contributed by atoms with E-state index in [2.05, 4.69) is 0 Å². The maximum Gasteiger partial charge on any atom is 0.371 e. The highest BCUT2D eigenvalue weighted by Gasteiger charge is 2.36. The van der Waals surface area contributed by atoms with Gasteiger partial charge in [-0.2, -0.15) is 4.31 Å². The van der Waals surface area contributed by atoms with Gasteiger partial charge in [0.2, 0.25) is 15.8 Å². The summed E-state index contributed by atoms with van der Waals surface area (Å²) in [6.45, 7) is 1.56. The highest BCUT2D eigenvalue weighted by Crippen LogP contribution is 2.32. The van der Waals surface area contributed by atoms with Crippen molar-refractivity contribution in [2.24, 2.45) is 0 Å². The number of carbonyl (C=O) groups is 1. The molecule has 1 saturated carbocycles. The van der Waals surface area contributed by atoms with E-state index in [0.717, 1.165) is 25.3 Å². The second-order valence-corrected chi connectivity index (χ2v) is 6.97. The molecular weight excluding hydrogens is 298 g/mol. The van der Waals surface area contributed by atoms with Gasteiger partial charge in [0.15, 0.2) is 0 Å². The minimum atomic E-state index is -3.81. The summed E-state index contributed by atoms with van der Waals surface area (Å²) in [5, 5.41) is 17.8. The Morgan fingerprint density at radius 1 is 1.48 bits per heavy atom. The molecule has 0 aliphatic heterocycles. The molecule has 7 nitrogen and oxygen atoms in total. The first kappa shape index (κ1) is 16.0. The monoisotopic (exact) mass is 317 g/mol. The van der Waals surface area contributed by atoms with E-state index in [9.17, 15) is 13.2 Å². The molecule has 0 aromatic carbocycles. The van der Waals surface area contributed by atoms with Crippen LogP contribution >= 0.6 is 0 Å². The smallest absolute Gasteiger partial charge is 0.371 e. The SMILES string of the molecule is Cc1oc(C(=O)O)cc1S(=O)(=O)N(CCCO)C1CCC1. The summed E-state index contributed by atoms with van der Waals surface area (Å²) in [7, 11) is -3.81. The number of carboxylic acids is 1. The van der Waals surface area contributed by atoms with Crippen molar-refractivity contribution in [3.8, 4) is 0 Å². The maximum absolute atomic E-state index is 12.7. The molecular formula is C13H19NO6S. The van der Waals surface area contributed by atoms with E-state index in [4.69, 9.17) is 14.6 Å². The summed E-state index contributed by atoms with van der Waals surface area (Å²) in [4.78, 5) is 10.8. The molecule has 2 N–H and O–H groups in total. The molecule has 0 atom stereocenters. The second kappa shape index (κ2) is 6.17. The normalized spacial score (nSPS) is 16.1. The number of aromatic carboxylic acids is 1. The number of hydrogen-bond acceptors (Lipinski definition) is 5. The summed E-state index contributed by atoms with van der Waals surface area (Å²) >= 11 is 0. The van der Waals surface area contributed by atoms with Gasteiger partial charge in [0.25, 0.3) is 0 Å². The predicted octanol–water partition coefficient (Wildman–Crippen LogP) is 1.21. The van der Waals surface area contributed by atoms with Crippen molar-refractivity contribution >= 4 is 16.0 Å². The first-order chi connectivity index (χ1) is 9.87. The zero-order valence-corrected chi connectivity index (χ0v) is 12.6. The fraction of sp³-hybridized carbons (Fsp3) is 0.615. The Kier molecular flexibility index (Phi) is 4.70. The van der Waals surface area contributed by atoms with Gasteiger partial charge in [-0.3, -0.25) is 0 Å². The highest BCUT2D eigenvalue weighted by molar-refractivity contribution is 7.89. The third kappa shape index (κ3) is 3.12. The number of aryl methyl sites for hydroxylation is 1. The molecule has 2 rings (SSSR count). The average molecular weight is 317 g/mol. The van der Waals surface area contributed by atoms with Crippen LogP contribution in [0, 0.1) is 6.92 Å². The molecule has 1 aliphatic rings. The topological polar surface area (TPSA) is 108 Å². The number of hydrogen-bond donors (Lipinski definition) is 2. The Morgan fingerprint density at radius 2 is 2.14 bits per heavy atom. The highest BCUT2D eigenvalue weighted by atomic mass is 32.2. The molecule has 1 heterocycles. The summed E-state index contributed by atoms with van der Waals surface area (Å²) in [6, 6.07) is 0.974. The van der Waals surface area contributed by atoms with Gasteiger partial charge in [0.1, 0.15) is 10.7 Å². The lowest BCUT2D eigenvalue weighted by molar-refractivity contribution is 0.0661. The first-order valence-electron chi connectivity index (χ1n) is 6.84. The summed E-state index contributed by atoms with van der Waals surface area (Å²) < 4.78 is 31.8. The van der Waals surface area contributed by atoms with Gasteiger partial charge in [0.05, 0.1) is 0 Å². The Morgan fingerprint density at radius 3 is 2.57 bits per heavy atom. The van der Waals surface area contributed by atoms with E-state index in [1.807, 2.05) is 0 Å². The summed E-state index contributed by atoms with van der Waals surface area (Å²) in [5.74, 6) is -1.62. The van der Waals surface area contributed by atoms with Crippen molar-refractivity contribution in [3.05, 3.63) is 17.6 Å². The van der Waals surface area contributed by atoms with E-state index in [-0.39, 0.29) is 35.6 Å². The van der Waals surface area contributed by atoms with Gasteiger partial charge in [-0.05, 0) is 26.2 Å². The Balaban J connectivity index is 2.35. The van der Waals surface area contributed by atoms with Gasteiger partial charge < -0.3 is 14.6 Å². The minimum Gasteiger partial charge on any atom is -0.475 e. The molecule has 8 heteroatoms. The number of sulfonamides is 1. The van der Waals surface area contributed by atoms with Crippen LogP contribution in [0.5, 0.6) is 0 Å². The largest absolute Gasteiger partial charge is 0.475 e. The molecule has 0 bridgehead atoms. The Hall–Kier alpha value is -1.38. The van der Waals surface area contributed by atoms with Crippen LogP contribution in [0.15, 0.2) is 15.4 Å². The van der Waals surface area contributed by atoms with Crippen molar-refractivity contribution in [1.29, 1.82) is 0 Å². The number of furan rings is 1.